The van der Waals surface area contributed by atoms with Crippen LogP contribution in [-0.4, -0.2) is 29.9 Å². The Morgan fingerprint density at radius 1 is 1.56 bits per heavy atom. The molecule has 0 saturated heterocycles. The van der Waals surface area contributed by atoms with Crippen LogP contribution in [0.5, 0.6) is 0 Å². The Morgan fingerprint density at radius 3 is 2.89 bits per heavy atom. The number of hydrogen-bond acceptors (Lipinski definition) is 4. The van der Waals surface area contributed by atoms with E-state index in [0.29, 0.717) is 17.8 Å². The summed E-state index contributed by atoms with van der Waals surface area (Å²) in [6.45, 7) is 4.59. The van der Waals surface area contributed by atoms with Crippen molar-refractivity contribution in [2.75, 3.05) is 24.6 Å². The van der Waals surface area contributed by atoms with Gasteiger partial charge in [0.15, 0.2) is 0 Å². The first-order valence-electron chi connectivity index (χ1n) is 5.99. The van der Waals surface area contributed by atoms with Crippen molar-refractivity contribution in [1.29, 1.82) is 0 Å². The first kappa shape index (κ1) is 14.9. The van der Waals surface area contributed by atoms with E-state index in [1.54, 1.807) is 30.0 Å². The summed E-state index contributed by atoms with van der Waals surface area (Å²) in [6.07, 6.45) is 0. The van der Waals surface area contributed by atoms with Crippen LogP contribution in [0.4, 0.5) is 5.69 Å². The highest BCUT2D eigenvalue weighted by Gasteiger charge is 2.12. The SMILES string of the molecule is CCNC(=O)c1ccc(N)cc1SCC(C)CO. The van der Waals surface area contributed by atoms with Crippen LogP contribution < -0.4 is 11.1 Å². The summed E-state index contributed by atoms with van der Waals surface area (Å²) in [5.74, 6) is 0.863. The first-order valence-corrected chi connectivity index (χ1v) is 6.98. The molecule has 0 spiro atoms. The first-order chi connectivity index (χ1) is 8.58. The smallest absolute Gasteiger partial charge is 0.252 e. The normalized spacial score (nSPS) is 12.2. The number of nitrogens with two attached hydrogens (primary N) is 1. The molecule has 100 valence electrons. The summed E-state index contributed by atoms with van der Waals surface area (Å²) in [5.41, 5.74) is 7.03. The van der Waals surface area contributed by atoms with E-state index < -0.39 is 0 Å². The Bertz CT molecular complexity index is 410. The highest BCUT2D eigenvalue weighted by Crippen LogP contribution is 2.27. The van der Waals surface area contributed by atoms with Crippen molar-refractivity contribution in [2.24, 2.45) is 5.92 Å². The molecule has 1 aromatic rings. The Morgan fingerprint density at radius 2 is 2.28 bits per heavy atom. The molecule has 1 amide bonds. The monoisotopic (exact) mass is 268 g/mol. The third-order valence-electron chi connectivity index (χ3n) is 2.42. The lowest BCUT2D eigenvalue weighted by Crippen LogP contribution is -2.23. The van der Waals surface area contributed by atoms with Gasteiger partial charge in [-0.15, -0.1) is 11.8 Å². The van der Waals surface area contributed by atoms with Crippen LogP contribution in [0.15, 0.2) is 23.1 Å². The molecule has 5 heteroatoms. The maximum absolute atomic E-state index is 11.9. The molecule has 0 aromatic heterocycles. The van der Waals surface area contributed by atoms with Gasteiger partial charge >= 0.3 is 0 Å². The Hall–Kier alpha value is -1.20. The number of hydrogen-bond donors (Lipinski definition) is 3. The lowest BCUT2D eigenvalue weighted by atomic mass is 10.2. The van der Waals surface area contributed by atoms with Crippen molar-refractivity contribution in [3.63, 3.8) is 0 Å². The van der Waals surface area contributed by atoms with Crippen molar-refractivity contribution >= 4 is 23.4 Å². The quantitative estimate of drug-likeness (QED) is 0.542. The molecule has 0 saturated carbocycles. The summed E-state index contributed by atoms with van der Waals surface area (Å²) in [6, 6.07) is 5.27. The van der Waals surface area contributed by atoms with Gasteiger partial charge in [-0.2, -0.15) is 0 Å². The number of nitrogens with one attached hydrogen (secondary N) is 1. The molecule has 4 nitrogen and oxygen atoms in total. The largest absolute Gasteiger partial charge is 0.399 e. The molecule has 4 N–H and O–H groups in total. The molecule has 0 aliphatic heterocycles. The van der Waals surface area contributed by atoms with Crippen LogP contribution >= 0.6 is 11.8 Å². The van der Waals surface area contributed by atoms with Crippen molar-refractivity contribution in [2.45, 2.75) is 18.7 Å². The Kier molecular flexibility index (Phi) is 6.01. The standard InChI is InChI=1S/C13H20N2O2S/c1-3-15-13(17)11-5-4-10(14)6-12(11)18-8-9(2)7-16/h4-6,9,16H,3,7-8,14H2,1-2H3,(H,15,17). The van der Waals surface area contributed by atoms with Crippen molar-refractivity contribution in [3.8, 4) is 0 Å². The van der Waals surface area contributed by atoms with Crippen molar-refractivity contribution < 1.29 is 9.90 Å². The van der Waals surface area contributed by atoms with Gasteiger partial charge in [0.1, 0.15) is 0 Å². The Labute approximate surface area is 112 Å². The minimum absolute atomic E-state index is 0.0864. The van der Waals surface area contributed by atoms with E-state index in [0.717, 1.165) is 10.6 Å². The number of aliphatic hydroxyl groups excluding tert-OH is 1. The topological polar surface area (TPSA) is 75.4 Å². The molecule has 18 heavy (non-hydrogen) atoms. The van der Waals surface area contributed by atoms with Crippen molar-refractivity contribution in [3.05, 3.63) is 23.8 Å². The maximum Gasteiger partial charge on any atom is 0.252 e. The second-order valence-electron chi connectivity index (χ2n) is 4.21. The van der Waals surface area contributed by atoms with Crippen LogP contribution in [0.1, 0.15) is 24.2 Å². The molecule has 0 bridgehead atoms. The maximum atomic E-state index is 11.9. The number of rotatable bonds is 6. The third-order valence-corrected chi connectivity index (χ3v) is 3.81. The summed E-state index contributed by atoms with van der Waals surface area (Å²) in [4.78, 5) is 12.7. The van der Waals surface area contributed by atoms with Crippen LogP contribution in [0.25, 0.3) is 0 Å². The fourth-order valence-corrected chi connectivity index (χ4v) is 2.49. The molecule has 0 heterocycles. The fourth-order valence-electron chi connectivity index (χ4n) is 1.39. The number of thioether (sulfide) groups is 1. The highest BCUT2D eigenvalue weighted by atomic mass is 32.2. The average molecular weight is 268 g/mol. The predicted octanol–water partition coefficient (Wildman–Crippen LogP) is 1.74. The van der Waals surface area contributed by atoms with E-state index in [2.05, 4.69) is 5.32 Å². The molecule has 0 fully saturated rings. The molecule has 0 aliphatic rings. The molecule has 1 aromatic carbocycles. The van der Waals surface area contributed by atoms with Crippen molar-refractivity contribution in [1.82, 2.24) is 5.32 Å². The average Bonchev–Trinajstić information content (AvgIpc) is 2.36. The molecule has 1 unspecified atom stereocenters. The predicted molar refractivity (Wildman–Crippen MR) is 75.8 cm³/mol. The minimum Gasteiger partial charge on any atom is -0.399 e. The molecule has 1 atom stereocenters. The van der Waals surface area contributed by atoms with E-state index >= 15 is 0 Å². The molecule has 1 rings (SSSR count). The fraction of sp³-hybridized carbons (Fsp3) is 0.462. The Balaban J connectivity index is 2.86. The lowest BCUT2D eigenvalue weighted by molar-refractivity contribution is 0.0953. The van der Waals surface area contributed by atoms with Gasteiger partial charge in [-0.25, -0.2) is 0 Å². The van der Waals surface area contributed by atoms with Crippen LogP contribution in [0, 0.1) is 5.92 Å². The number of carbonyl (C=O) groups is 1. The van der Waals surface area contributed by atoms with E-state index in [-0.39, 0.29) is 18.4 Å². The van der Waals surface area contributed by atoms with Gasteiger partial charge in [-0.1, -0.05) is 6.92 Å². The number of nitrogen functional groups attached to an aromatic ring is 1. The van der Waals surface area contributed by atoms with Gasteiger partial charge in [0.25, 0.3) is 5.91 Å². The number of benzene rings is 1. The van der Waals surface area contributed by atoms with Gasteiger partial charge in [0.2, 0.25) is 0 Å². The molecular formula is C13H20N2O2S. The van der Waals surface area contributed by atoms with E-state index in [1.807, 2.05) is 13.8 Å². The number of aliphatic hydroxyl groups is 1. The molecular weight excluding hydrogens is 248 g/mol. The van der Waals surface area contributed by atoms with Gasteiger partial charge in [0, 0.05) is 29.5 Å². The second-order valence-corrected chi connectivity index (χ2v) is 5.28. The number of carbonyl (C=O) groups excluding carboxylic acids is 1. The zero-order chi connectivity index (χ0) is 13.5. The molecule has 0 radical (unpaired) electrons. The van der Waals surface area contributed by atoms with Crippen LogP contribution in [-0.2, 0) is 0 Å². The highest BCUT2D eigenvalue weighted by molar-refractivity contribution is 7.99. The van der Waals surface area contributed by atoms with Crippen LogP contribution in [0.3, 0.4) is 0 Å². The zero-order valence-electron chi connectivity index (χ0n) is 10.8. The van der Waals surface area contributed by atoms with Gasteiger partial charge in [-0.05, 0) is 31.0 Å². The summed E-state index contributed by atoms with van der Waals surface area (Å²) < 4.78 is 0. The van der Waals surface area contributed by atoms with Gasteiger partial charge in [0.05, 0.1) is 5.56 Å². The number of amides is 1. The van der Waals surface area contributed by atoms with E-state index in [9.17, 15) is 4.79 Å². The van der Waals surface area contributed by atoms with E-state index in [4.69, 9.17) is 10.8 Å². The minimum atomic E-state index is -0.0864. The summed E-state index contributed by atoms with van der Waals surface area (Å²) >= 11 is 1.55. The summed E-state index contributed by atoms with van der Waals surface area (Å²) in [5, 5.41) is 11.8. The van der Waals surface area contributed by atoms with E-state index in [1.165, 1.54) is 0 Å². The summed E-state index contributed by atoms with van der Waals surface area (Å²) in [7, 11) is 0. The zero-order valence-corrected chi connectivity index (χ0v) is 11.6. The third kappa shape index (κ3) is 4.23. The second kappa shape index (κ2) is 7.28. The van der Waals surface area contributed by atoms with Gasteiger partial charge < -0.3 is 16.2 Å². The molecule has 0 aliphatic carbocycles. The lowest BCUT2D eigenvalue weighted by Gasteiger charge is -2.12. The van der Waals surface area contributed by atoms with Crippen LogP contribution in [0.2, 0.25) is 0 Å². The number of anilines is 1. The van der Waals surface area contributed by atoms with Gasteiger partial charge in [-0.3, -0.25) is 4.79 Å².